The predicted octanol–water partition coefficient (Wildman–Crippen LogP) is 2.49. The van der Waals surface area contributed by atoms with Gasteiger partial charge in [0.25, 0.3) is 0 Å². The number of halogens is 1. The molecule has 0 aliphatic carbocycles. The summed E-state index contributed by atoms with van der Waals surface area (Å²) in [5.41, 5.74) is 2.71. The van der Waals surface area contributed by atoms with Crippen molar-refractivity contribution in [2.45, 2.75) is 26.9 Å². The second-order valence-corrected chi connectivity index (χ2v) is 4.36. The van der Waals surface area contributed by atoms with E-state index in [1.54, 1.807) is 4.68 Å². The van der Waals surface area contributed by atoms with E-state index >= 15 is 0 Å². The van der Waals surface area contributed by atoms with Crippen molar-refractivity contribution < 1.29 is 4.39 Å². The van der Waals surface area contributed by atoms with Crippen molar-refractivity contribution in [2.75, 3.05) is 6.54 Å². The fraction of sp³-hybridized carbons (Fsp3) is 0.357. The summed E-state index contributed by atoms with van der Waals surface area (Å²) in [7, 11) is 0. The normalized spacial score (nSPS) is 10.8. The summed E-state index contributed by atoms with van der Waals surface area (Å²) in [4.78, 5) is 0. The lowest BCUT2D eigenvalue weighted by Gasteiger charge is -2.07. The minimum atomic E-state index is -0.177. The highest BCUT2D eigenvalue weighted by Crippen LogP contribution is 2.12. The molecule has 2 aromatic rings. The zero-order valence-corrected chi connectivity index (χ0v) is 10.8. The Balaban J connectivity index is 2.15. The summed E-state index contributed by atoms with van der Waals surface area (Å²) < 4.78 is 15.5. The van der Waals surface area contributed by atoms with Gasteiger partial charge in [0.2, 0.25) is 0 Å². The van der Waals surface area contributed by atoms with E-state index in [-0.39, 0.29) is 5.82 Å². The number of rotatable bonds is 5. The molecule has 0 amide bonds. The molecule has 0 aliphatic heterocycles. The Morgan fingerprint density at radius 2 is 2.17 bits per heavy atom. The van der Waals surface area contributed by atoms with Crippen LogP contribution in [0.1, 0.15) is 23.7 Å². The van der Waals surface area contributed by atoms with E-state index in [4.69, 9.17) is 0 Å². The summed E-state index contributed by atoms with van der Waals surface area (Å²) in [6, 6.07) is 7.16. The highest BCUT2D eigenvalue weighted by molar-refractivity contribution is 5.25. The van der Waals surface area contributed by atoms with Gasteiger partial charge in [0.05, 0.1) is 12.2 Å². The van der Waals surface area contributed by atoms with Crippen LogP contribution >= 0.6 is 0 Å². The molecule has 3 nitrogen and oxygen atoms in total. The first-order valence-corrected chi connectivity index (χ1v) is 6.17. The van der Waals surface area contributed by atoms with Crippen LogP contribution in [-0.4, -0.2) is 16.3 Å². The third-order valence-electron chi connectivity index (χ3n) is 2.80. The number of benzene rings is 1. The summed E-state index contributed by atoms with van der Waals surface area (Å²) in [5.74, 6) is -0.177. The SMILES string of the molecule is CCNCc1ccc(F)c(Cn2ccc(C)n2)c1. The van der Waals surface area contributed by atoms with Crippen molar-refractivity contribution in [3.05, 3.63) is 53.1 Å². The summed E-state index contributed by atoms with van der Waals surface area (Å²) in [5, 5.41) is 7.51. The van der Waals surface area contributed by atoms with Crippen LogP contribution in [-0.2, 0) is 13.1 Å². The molecular formula is C14H18FN3. The van der Waals surface area contributed by atoms with E-state index in [0.29, 0.717) is 12.1 Å². The van der Waals surface area contributed by atoms with E-state index in [9.17, 15) is 4.39 Å². The molecule has 0 saturated heterocycles. The number of nitrogens with zero attached hydrogens (tertiary/aromatic N) is 2. The Morgan fingerprint density at radius 1 is 1.33 bits per heavy atom. The number of hydrogen-bond acceptors (Lipinski definition) is 2. The third kappa shape index (κ3) is 3.17. The van der Waals surface area contributed by atoms with Gasteiger partial charge in [-0.2, -0.15) is 5.10 Å². The van der Waals surface area contributed by atoms with Gasteiger partial charge < -0.3 is 5.32 Å². The van der Waals surface area contributed by atoms with Crippen molar-refractivity contribution >= 4 is 0 Å². The van der Waals surface area contributed by atoms with Crippen LogP contribution in [0.25, 0.3) is 0 Å². The first-order chi connectivity index (χ1) is 8.69. The van der Waals surface area contributed by atoms with Gasteiger partial charge in [0.15, 0.2) is 0 Å². The summed E-state index contributed by atoms with van der Waals surface area (Å²) in [6.07, 6.45) is 1.87. The molecule has 1 aromatic heterocycles. The lowest BCUT2D eigenvalue weighted by molar-refractivity contribution is 0.581. The molecule has 0 unspecified atom stereocenters. The maximum Gasteiger partial charge on any atom is 0.128 e. The predicted molar refractivity (Wildman–Crippen MR) is 69.8 cm³/mol. The Hall–Kier alpha value is -1.68. The molecule has 0 saturated carbocycles. The molecule has 0 aliphatic rings. The molecule has 96 valence electrons. The first-order valence-electron chi connectivity index (χ1n) is 6.17. The van der Waals surface area contributed by atoms with Crippen LogP contribution in [0.4, 0.5) is 4.39 Å². The number of nitrogens with one attached hydrogen (secondary N) is 1. The highest BCUT2D eigenvalue weighted by atomic mass is 19.1. The van der Waals surface area contributed by atoms with E-state index in [0.717, 1.165) is 24.3 Å². The fourth-order valence-electron chi connectivity index (χ4n) is 1.85. The molecule has 18 heavy (non-hydrogen) atoms. The van der Waals surface area contributed by atoms with Gasteiger partial charge in [-0.3, -0.25) is 4.68 Å². The fourth-order valence-corrected chi connectivity index (χ4v) is 1.85. The Kier molecular flexibility index (Phi) is 4.10. The van der Waals surface area contributed by atoms with Crippen molar-refractivity contribution in [3.63, 3.8) is 0 Å². The van der Waals surface area contributed by atoms with Crippen LogP contribution in [0.3, 0.4) is 0 Å². The van der Waals surface area contributed by atoms with Crippen LogP contribution in [0, 0.1) is 12.7 Å². The van der Waals surface area contributed by atoms with Crippen LogP contribution in [0.5, 0.6) is 0 Å². The molecule has 0 fully saturated rings. The van der Waals surface area contributed by atoms with Crippen LogP contribution in [0.2, 0.25) is 0 Å². The largest absolute Gasteiger partial charge is 0.313 e. The van der Waals surface area contributed by atoms with Crippen molar-refractivity contribution in [2.24, 2.45) is 0 Å². The quantitative estimate of drug-likeness (QED) is 0.879. The van der Waals surface area contributed by atoms with Gasteiger partial charge in [-0.25, -0.2) is 4.39 Å². The van der Waals surface area contributed by atoms with Crippen LogP contribution < -0.4 is 5.32 Å². The lowest BCUT2D eigenvalue weighted by Crippen LogP contribution is -2.12. The van der Waals surface area contributed by atoms with E-state index in [1.165, 1.54) is 6.07 Å². The lowest BCUT2D eigenvalue weighted by atomic mass is 10.1. The molecule has 0 spiro atoms. The Labute approximate surface area is 107 Å². The monoisotopic (exact) mass is 247 g/mol. The highest BCUT2D eigenvalue weighted by Gasteiger charge is 2.05. The molecule has 0 radical (unpaired) electrons. The number of aryl methyl sites for hydroxylation is 1. The standard InChI is InChI=1S/C14H18FN3/c1-3-16-9-12-4-5-14(15)13(8-12)10-18-7-6-11(2)17-18/h4-8,16H,3,9-10H2,1-2H3. The minimum Gasteiger partial charge on any atom is -0.313 e. The van der Waals surface area contributed by atoms with Gasteiger partial charge in [-0.15, -0.1) is 0 Å². The zero-order valence-electron chi connectivity index (χ0n) is 10.8. The number of aromatic nitrogens is 2. The minimum absolute atomic E-state index is 0.177. The molecule has 1 aromatic carbocycles. The topological polar surface area (TPSA) is 29.9 Å². The maximum atomic E-state index is 13.7. The van der Waals surface area contributed by atoms with Crippen LogP contribution in [0.15, 0.2) is 30.5 Å². The van der Waals surface area contributed by atoms with E-state index in [2.05, 4.69) is 17.3 Å². The van der Waals surface area contributed by atoms with Crippen molar-refractivity contribution in [1.82, 2.24) is 15.1 Å². The molecular weight excluding hydrogens is 229 g/mol. The molecule has 1 N–H and O–H groups in total. The van der Waals surface area contributed by atoms with Gasteiger partial charge in [0.1, 0.15) is 5.82 Å². The van der Waals surface area contributed by atoms with E-state index < -0.39 is 0 Å². The molecule has 2 rings (SSSR count). The van der Waals surface area contributed by atoms with Crippen molar-refractivity contribution in [1.29, 1.82) is 0 Å². The zero-order chi connectivity index (χ0) is 13.0. The van der Waals surface area contributed by atoms with Gasteiger partial charge in [-0.05, 0) is 37.2 Å². The van der Waals surface area contributed by atoms with Crippen molar-refractivity contribution in [3.8, 4) is 0 Å². The van der Waals surface area contributed by atoms with E-state index in [1.807, 2.05) is 31.3 Å². The van der Waals surface area contributed by atoms with Gasteiger partial charge >= 0.3 is 0 Å². The number of hydrogen-bond donors (Lipinski definition) is 1. The molecule has 0 bridgehead atoms. The molecule has 4 heteroatoms. The molecule has 0 atom stereocenters. The maximum absolute atomic E-state index is 13.7. The average molecular weight is 247 g/mol. The van der Waals surface area contributed by atoms with Gasteiger partial charge in [-0.1, -0.05) is 13.0 Å². The average Bonchev–Trinajstić information content (AvgIpc) is 2.76. The van der Waals surface area contributed by atoms with Gasteiger partial charge in [0, 0.05) is 18.3 Å². The summed E-state index contributed by atoms with van der Waals surface area (Å²) in [6.45, 7) is 6.12. The second kappa shape index (κ2) is 5.78. The third-order valence-corrected chi connectivity index (χ3v) is 2.80. The molecule has 1 heterocycles. The Bertz CT molecular complexity index is 520. The summed E-state index contributed by atoms with van der Waals surface area (Å²) >= 11 is 0. The Morgan fingerprint density at radius 3 is 2.83 bits per heavy atom. The second-order valence-electron chi connectivity index (χ2n) is 4.36. The smallest absolute Gasteiger partial charge is 0.128 e. The first kappa shape index (κ1) is 12.8.